The van der Waals surface area contributed by atoms with Gasteiger partial charge in [-0.3, -0.25) is 9.67 Å². The van der Waals surface area contributed by atoms with Crippen molar-refractivity contribution in [1.29, 1.82) is 0 Å². The third-order valence-corrected chi connectivity index (χ3v) is 5.72. The van der Waals surface area contributed by atoms with Crippen LogP contribution in [0.15, 0.2) is 48.9 Å². The predicted molar refractivity (Wildman–Crippen MR) is 117 cm³/mol. The lowest BCUT2D eigenvalue weighted by Crippen LogP contribution is -2.12. The van der Waals surface area contributed by atoms with Gasteiger partial charge in [-0.2, -0.15) is 5.10 Å². The van der Waals surface area contributed by atoms with E-state index in [1.807, 2.05) is 0 Å². The summed E-state index contributed by atoms with van der Waals surface area (Å²) in [5, 5.41) is 4.15. The minimum absolute atomic E-state index is 0.0835. The summed E-state index contributed by atoms with van der Waals surface area (Å²) in [6, 6.07) is 7.04. The Morgan fingerprint density at radius 1 is 1.06 bits per heavy atom. The fraction of sp³-hybridized carbons (Fsp3) is 0.208. The molecule has 0 spiro atoms. The summed E-state index contributed by atoms with van der Waals surface area (Å²) in [5.41, 5.74) is 9.38. The first-order chi connectivity index (χ1) is 16.3. The molecule has 1 aliphatic heterocycles. The number of anilines is 1. The Labute approximate surface area is 192 Å². The summed E-state index contributed by atoms with van der Waals surface area (Å²) in [5.74, 6) is -0.765. The van der Waals surface area contributed by atoms with Gasteiger partial charge in [-0.1, -0.05) is 6.07 Å². The first-order valence-corrected chi connectivity index (χ1v) is 10.5. The van der Waals surface area contributed by atoms with Crippen LogP contribution >= 0.6 is 0 Å². The van der Waals surface area contributed by atoms with Gasteiger partial charge in [0.15, 0.2) is 11.6 Å². The molecule has 6 nitrogen and oxygen atoms in total. The maximum atomic E-state index is 14.3. The molecule has 34 heavy (non-hydrogen) atoms. The van der Waals surface area contributed by atoms with Crippen LogP contribution < -0.4 is 10.5 Å². The Morgan fingerprint density at radius 2 is 1.88 bits per heavy atom. The van der Waals surface area contributed by atoms with Gasteiger partial charge in [-0.05, 0) is 36.8 Å². The van der Waals surface area contributed by atoms with E-state index >= 15 is 0 Å². The van der Waals surface area contributed by atoms with Crippen molar-refractivity contribution in [1.82, 2.24) is 19.7 Å². The van der Waals surface area contributed by atoms with Crippen LogP contribution in [0.25, 0.3) is 22.4 Å². The lowest BCUT2D eigenvalue weighted by atomic mass is 9.92. The van der Waals surface area contributed by atoms with Crippen LogP contribution in [-0.4, -0.2) is 26.2 Å². The lowest BCUT2D eigenvalue weighted by Gasteiger charge is -2.22. The van der Waals surface area contributed by atoms with E-state index in [1.54, 1.807) is 13.0 Å². The quantitative estimate of drug-likeness (QED) is 0.410. The zero-order valence-electron chi connectivity index (χ0n) is 18.0. The molecule has 1 atom stereocenters. The molecule has 2 N–H and O–H groups in total. The van der Waals surface area contributed by atoms with Crippen LogP contribution in [0.5, 0.6) is 5.75 Å². The summed E-state index contributed by atoms with van der Waals surface area (Å²) in [7, 11) is 0. The van der Waals surface area contributed by atoms with Gasteiger partial charge in [-0.15, -0.1) is 0 Å². The van der Waals surface area contributed by atoms with Crippen molar-refractivity contribution in [3.8, 4) is 28.1 Å². The molecule has 5 rings (SSSR count). The van der Waals surface area contributed by atoms with Crippen molar-refractivity contribution in [2.24, 2.45) is 0 Å². The van der Waals surface area contributed by atoms with E-state index in [2.05, 4.69) is 15.1 Å². The Kier molecular flexibility index (Phi) is 5.43. The van der Waals surface area contributed by atoms with Crippen LogP contribution in [0.1, 0.15) is 29.8 Å². The molecule has 1 aliphatic rings. The highest BCUT2D eigenvalue weighted by Crippen LogP contribution is 2.38. The summed E-state index contributed by atoms with van der Waals surface area (Å²) < 4.78 is 62.3. The molecule has 174 valence electrons. The van der Waals surface area contributed by atoms with Gasteiger partial charge in [-0.25, -0.2) is 22.5 Å². The monoisotopic (exact) mass is 469 g/mol. The van der Waals surface area contributed by atoms with Crippen LogP contribution in [0.3, 0.4) is 0 Å². The van der Waals surface area contributed by atoms with Crippen LogP contribution in [0.2, 0.25) is 0 Å². The zero-order chi connectivity index (χ0) is 24.0. The van der Waals surface area contributed by atoms with E-state index in [0.29, 0.717) is 39.2 Å². The number of pyridine rings is 2. The summed E-state index contributed by atoms with van der Waals surface area (Å²) in [4.78, 5) is 8.45. The molecule has 3 aromatic heterocycles. The number of fused-ring (bicyclic) bond motifs is 7. The number of hydrogen-bond donors (Lipinski definition) is 1. The average molecular weight is 469 g/mol. The molecule has 0 fully saturated rings. The number of ether oxygens (including phenoxy) is 1. The second kappa shape index (κ2) is 8.44. The summed E-state index contributed by atoms with van der Waals surface area (Å²) in [6.07, 6.45) is 0.840. The number of benzene rings is 1. The molecule has 2 bridgehead atoms. The Bertz CT molecular complexity index is 1390. The van der Waals surface area contributed by atoms with Crippen molar-refractivity contribution < 1.29 is 22.3 Å². The predicted octanol–water partition coefficient (Wildman–Crippen LogP) is 5.18. The lowest BCUT2D eigenvalue weighted by molar-refractivity contribution is 0.122. The van der Waals surface area contributed by atoms with Crippen LogP contribution in [0, 0.1) is 11.6 Å². The van der Waals surface area contributed by atoms with Gasteiger partial charge in [0.1, 0.15) is 24.3 Å². The molecular weight excluding hydrogens is 450 g/mol. The highest BCUT2D eigenvalue weighted by molar-refractivity contribution is 5.73. The van der Waals surface area contributed by atoms with Gasteiger partial charge in [0, 0.05) is 34.9 Å². The van der Waals surface area contributed by atoms with Gasteiger partial charge in [0.05, 0.1) is 23.8 Å². The second-order valence-electron chi connectivity index (χ2n) is 8.02. The third kappa shape index (κ3) is 3.95. The van der Waals surface area contributed by atoms with Crippen molar-refractivity contribution in [3.63, 3.8) is 0 Å². The van der Waals surface area contributed by atoms with Crippen LogP contribution in [0.4, 0.5) is 23.4 Å². The summed E-state index contributed by atoms with van der Waals surface area (Å²) >= 11 is 0. The normalized spacial score (nSPS) is 14.9. The number of nitrogens with zero attached hydrogens (tertiary/aromatic N) is 4. The highest BCUT2D eigenvalue weighted by atomic mass is 19.3. The van der Waals surface area contributed by atoms with E-state index in [4.69, 9.17) is 10.5 Å². The molecule has 1 aromatic carbocycles. The molecule has 0 saturated carbocycles. The number of hydrogen-bond acceptors (Lipinski definition) is 5. The molecule has 0 amide bonds. The minimum Gasteiger partial charge on any atom is -0.482 e. The van der Waals surface area contributed by atoms with Gasteiger partial charge >= 0.3 is 0 Å². The number of nitrogen functional groups attached to an aromatic ring is 1. The minimum atomic E-state index is -2.64. The average Bonchev–Trinajstić information content (AvgIpc) is 3.17. The molecule has 4 aromatic rings. The maximum Gasteiger partial charge on any atom is 0.257 e. The smallest absolute Gasteiger partial charge is 0.257 e. The number of alkyl halides is 2. The standard InChI is InChI=1S/C24H19F4N5O/c1-12-18-6-15(25)2-3-17(18)19-7-16(26)10-30-20(19)4-13-9-32-33(11-22(27)28)23(13)14-5-21(34-12)24(29)31-8-14/h2-3,5-10,12,22H,4,11H2,1H3,(H2,29,31). The Balaban J connectivity index is 1.80. The van der Waals surface area contributed by atoms with E-state index < -0.39 is 30.7 Å². The largest absolute Gasteiger partial charge is 0.482 e. The van der Waals surface area contributed by atoms with Gasteiger partial charge in [0.25, 0.3) is 6.43 Å². The Morgan fingerprint density at radius 3 is 2.68 bits per heavy atom. The zero-order valence-corrected chi connectivity index (χ0v) is 18.0. The molecule has 10 heteroatoms. The van der Waals surface area contributed by atoms with Crippen molar-refractivity contribution >= 4 is 5.82 Å². The molecule has 0 radical (unpaired) electrons. The maximum absolute atomic E-state index is 14.3. The highest BCUT2D eigenvalue weighted by Gasteiger charge is 2.24. The van der Waals surface area contributed by atoms with Crippen molar-refractivity contribution in [2.75, 3.05) is 5.73 Å². The number of halogens is 4. The molecule has 1 unspecified atom stereocenters. The topological polar surface area (TPSA) is 78.9 Å². The molecular formula is C24H19F4N5O. The first kappa shape index (κ1) is 21.9. The van der Waals surface area contributed by atoms with Gasteiger partial charge in [0.2, 0.25) is 0 Å². The van der Waals surface area contributed by atoms with Crippen molar-refractivity contribution in [3.05, 3.63) is 77.4 Å². The van der Waals surface area contributed by atoms with Crippen LogP contribution in [-0.2, 0) is 13.0 Å². The number of nitrogens with two attached hydrogens (primary N) is 1. The fourth-order valence-electron chi connectivity index (χ4n) is 4.23. The SMILES string of the molecule is CC1Oc2cc(cnc2N)-c2c(cnn2CC(F)F)Cc2ncc(F)cc2-c2ccc(F)cc21. The summed E-state index contributed by atoms with van der Waals surface area (Å²) in [6.45, 7) is 1.08. The van der Waals surface area contributed by atoms with Gasteiger partial charge < -0.3 is 10.5 Å². The second-order valence-corrected chi connectivity index (χ2v) is 8.02. The van der Waals surface area contributed by atoms with E-state index in [1.165, 1.54) is 41.3 Å². The number of aromatic nitrogens is 4. The number of rotatable bonds is 2. The fourth-order valence-corrected chi connectivity index (χ4v) is 4.23. The Hall–Kier alpha value is -3.95. The third-order valence-electron chi connectivity index (χ3n) is 5.72. The van der Waals surface area contributed by atoms with Crippen molar-refractivity contribution in [2.45, 2.75) is 32.4 Å². The molecule has 0 saturated heterocycles. The molecule has 0 aliphatic carbocycles. The first-order valence-electron chi connectivity index (χ1n) is 10.5. The van der Waals surface area contributed by atoms with E-state index in [9.17, 15) is 17.6 Å². The molecule has 4 heterocycles. The van der Waals surface area contributed by atoms with E-state index in [-0.39, 0.29) is 18.0 Å². The van der Waals surface area contributed by atoms with E-state index in [0.717, 1.165) is 6.20 Å².